The molecule has 0 bridgehead atoms. The van der Waals surface area contributed by atoms with Crippen LogP contribution in [-0.4, -0.2) is 88.6 Å². The van der Waals surface area contributed by atoms with Crippen molar-refractivity contribution in [2.75, 3.05) is 47.6 Å². The Balaban J connectivity index is 1.46. The number of piperidine rings is 1. The Labute approximate surface area is 253 Å². The average molecular weight is 618 g/mol. The minimum Gasteiger partial charge on any atom is -0.468 e. The highest BCUT2D eigenvalue weighted by Gasteiger charge is 2.46. The van der Waals surface area contributed by atoms with E-state index < -0.39 is 41.1 Å². The molecule has 4 atom stereocenters. The molecule has 0 saturated carbocycles. The molecule has 1 aromatic carbocycles. The van der Waals surface area contributed by atoms with Crippen molar-refractivity contribution in [3.8, 4) is 0 Å². The van der Waals surface area contributed by atoms with Crippen molar-refractivity contribution in [3.05, 3.63) is 71.0 Å². The number of hydrogen-bond acceptors (Lipinski definition) is 9. The third-order valence-corrected chi connectivity index (χ3v) is 8.03. The normalized spacial score (nSPS) is 25.0. The molecule has 4 N–H and O–H groups in total. The van der Waals surface area contributed by atoms with Gasteiger partial charge in [-0.3, -0.25) is 4.79 Å². The minimum atomic E-state index is -1.43. The third-order valence-electron chi connectivity index (χ3n) is 8.03. The highest BCUT2D eigenvalue weighted by Crippen LogP contribution is 2.37. The van der Waals surface area contributed by atoms with Gasteiger partial charge in [-0.25, -0.2) is 28.1 Å². The first-order valence-corrected chi connectivity index (χ1v) is 14.2. The van der Waals surface area contributed by atoms with Crippen LogP contribution in [0.3, 0.4) is 0 Å². The number of amides is 4. The van der Waals surface area contributed by atoms with Crippen molar-refractivity contribution in [2.24, 2.45) is 5.41 Å². The van der Waals surface area contributed by atoms with Gasteiger partial charge in [0.05, 0.1) is 32.1 Å². The number of rotatable bonds is 10. The van der Waals surface area contributed by atoms with Crippen LogP contribution in [0, 0.1) is 17.0 Å². The fourth-order valence-corrected chi connectivity index (χ4v) is 5.88. The predicted octanol–water partition coefficient (Wildman–Crippen LogP) is 2.20. The van der Waals surface area contributed by atoms with Crippen molar-refractivity contribution in [1.29, 1.82) is 0 Å². The molecule has 238 valence electrons. The van der Waals surface area contributed by atoms with Gasteiger partial charge < -0.3 is 35.5 Å². The zero-order valence-electron chi connectivity index (χ0n) is 24.8. The van der Waals surface area contributed by atoms with Gasteiger partial charge in [0.1, 0.15) is 11.5 Å². The van der Waals surface area contributed by atoms with Crippen LogP contribution in [-0.2, 0) is 23.8 Å². The molecule has 3 aliphatic rings. The van der Waals surface area contributed by atoms with E-state index in [1.807, 2.05) is 24.3 Å². The molecule has 2 aliphatic heterocycles. The van der Waals surface area contributed by atoms with Gasteiger partial charge in [-0.1, -0.05) is 30.4 Å². The topological polar surface area (TPSA) is 147 Å². The fraction of sp³-hybridized carbons (Fsp3) is 0.467. The molecule has 1 fully saturated rings. The standard InChI is InChI=1S/C30H37F2N5O7/c1-42-17-22-24(26(38)43-2)25(18-7-8-20(31)21(32)15-18)37(29(41)36-22)28(40)35-14-13-33-19-9-12-34-23(16-19)30(27(39)44-3)10-5-4-6-11-30/h4-8,10,15,19,23,25,33-34H,9,11-14,16-17H2,1-3H3,(H,35,40)(H,36,41)/t19?,23?,25-,30?/m0/s1. The number of nitrogens with one attached hydrogen (secondary N) is 4. The van der Waals surface area contributed by atoms with Gasteiger partial charge in [-0.05, 0) is 43.5 Å². The van der Waals surface area contributed by atoms with Crippen LogP contribution in [0.15, 0.2) is 53.8 Å². The molecule has 44 heavy (non-hydrogen) atoms. The van der Waals surface area contributed by atoms with E-state index in [-0.39, 0.29) is 48.0 Å². The van der Waals surface area contributed by atoms with E-state index in [1.165, 1.54) is 20.3 Å². The number of imide groups is 1. The zero-order chi connectivity index (χ0) is 31.9. The van der Waals surface area contributed by atoms with Crippen LogP contribution in [0.1, 0.15) is 30.9 Å². The quantitative estimate of drug-likeness (QED) is 0.229. The summed E-state index contributed by atoms with van der Waals surface area (Å²) in [4.78, 5) is 52.9. The first-order chi connectivity index (χ1) is 21.2. The van der Waals surface area contributed by atoms with Crippen molar-refractivity contribution < 1.29 is 42.2 Å². The largest absolute Gasteiger partial charge is 0.468 e. The molecule has 0 radical (unpaired) electrons. The van der Waals surface area contributed by atoms with Crippen LogP contribution >= 0.6 is 0 Å². The molecule has 2 heterocycles. The number of carbonyl (C=O) groups is 4. The van der Waals surface area contributed by atoms with E-state index >= 15 is 0 Å². The fourth-order valence-electron chi connectivity index (χ4n) is 5.88. The Morgan fingerprint density at radius 1 is 1.09 bits per heavy atom. The van der Waals surface area contributed by atoms with Crippen molar-refractivity contribution in [1.82, 2.24) is 26.2 Å². The van der Waals surface area contributed by atoms with Gasteiger partial charge in [0.2, 0.25) is 0 Å². The number of methoxy groups -OCH3 is 3. The Bertz CT molecular complexity index is 1370. The van der Waals surface area contributed by atoms with Gasteiger partial charge >= 0.3 is 24.0 Å². The molecule has 1 aromatic rings. The molecule has 0 spiro atoms. The number of benzene rings is 1. The summed E-state index contributed by atoms with van der Waals surface area (Å²) >= 11 is 0. The second-order valence-electron chi connectivity index (χ2n) is 10.6. The summed E-state index contributed by atoms with van der Waals surface area (Å²) < 4.78 is 43.2. The van der Waals surface area contributed by atoms with E-state index in [4.69, 9.17) is 14.2 Å². The first-order valence-electron chi connectivity index (χ1n) is 14.2. The molecule has 4 rings (SSSR count). The van der Waals surface area contributed by atoms with Gasteiger partial charge in [0.15, 0.2) is 11.6 Å². The van der Waals surface area contributed by atoms with Gasteiger partial charge in [0, 0.05) is 32.3 Å². The molecule has 12 nitrogen and oxygen atoms in total. The molecule has 1 aliphatic carbocycles. The Kier molecular flexibility index (Phi) is 10.8. The second-order valence-corrected chi connectivity index (χ2v) is 10.6. The number of urea groups is 2. The number of ether oxygens (including phenoxy) is 3. The molecular formula is C30H37F2N5O7. The summed E-state index contributed by atoms with van der Waals surface area (Å²) in [6.45, 7) is 0.871. The lowest BCUT2D eigenvalue weighted by Gasteiger charge is -2.42. The number of hydrogen-bond donors (Lipinski definition) is 4. The van der Waals surface area contributed by atoms with Crippen LogP contribution in [0.25, 0.3) is 0 Å². The highest BCUT2D eigenvalue weighted by molar-refractivity contribution is 6.01. The van der Waals surface area contributed by atoms with E-state index in [1.54, 1.807) is 0 Å². The Morgan fingerprint density at radius 2 is 1.89 bits per heavy atom. The summed E-state index contributed by atoms with van der Waals surface area (Å²) in [5, 5.41) is 12.0. The molecule has 3 unspecified atom stereocenters. The molecule has 4 amide bonds. The summed E-state index contributed by atoms with van der Waals surface area (Å²) in [6, 6.07) is -0.492. The maximum atomic E-state index is 14.3. The molecule has 1 saturated heterocycles. The SMILES string of the molecule is COCC1=C(C(=O)OC)[C@H](c2ccc(F)c(F)c2)N(C(=O)NCCNC2CCNC(C3(C(=O)OC)C=CC=CC3)C2)C(=O)N1. The molecular weight excluding hydrogens is 580 g/mol. The maximum Gasteiger partial charge on any atom is 0.338 e. The molecule has 0 aromatic heterocycles. The average Bonchev–Trinajstić information content (AvgIpc) is 3.03. The number of carbonyl (C=O) groups excluding carboxylic acids is 4. The van der Waals surface area contributed by atoms with Gasteiger partial charge in [-0.15, -0.1) is 0 Å². The summed E-state index contributed by atoms with van der Waals surface area (Å²) in [5.41, 5.74) is -0.979. The maximum absolute atomic E-state index is 14.3. The van der Waals surface area contributed by atoms with Crippen molar-refractivity contribution in [3.63, 3.8) is 0 Å². The van der Waals surface area contributed by atoms with Crippen molar-refractivity contribution >= 4 is 24.0 Å². The molecule has 14 heteroatoms. The third kappa shape index (κ3) is 6.82. The van der Waals surface area contributed by atoms with Crippen LogP contribution in [0.4, 0.5) is 18.4 Å². The van der Waals surface area contributed by atoms with Gasteiger partial charge in [-0.2, -0.15) is 0 Å². The lowest BCUT2D eigenvalue weighted by molar-refractivity contribution is -0.152. The van der Waals surface area contributed by atoms with E-state index in [0.717, 1.165) is 30.6 Å². The number of halogens is 2. The van der Waals surface area contributed by atoms with Gasteiger partial charge in [0.25, 0.3) is 0 Å². The lowest BCUT2D eigenvalue weighted by atomic mass is 9.71. The van der Waals surface area contributed by atoms with Crippen LogP contribution in [0.5, 0.6) is 0 Å². The first kappa shape index (κ1) is 32.8. The monoisotopic (exact) mass is 617 g/mol. The summed E-state index contributed by atoms with van der Waals surface area (Å²) in [6.07, 6.45) is 9.48. The van der Waals surface area contributed by atoms with E-state index in [9.17, 15) is 28.0 Å². The smallest absolute Gasteiger partial charge is 0.338 e. The van der Waals surface area contributed by atoms with Crippen molar-refractivity contribution in [2.45, 2.75) is 37.4 Å². The number of allylic oxidation sites excluding steroid dienone is 3. The zero-order valence-corrected chi connectivity index (χ0v) is 24.8. The van der Waals surface area contributed by atoms with E-state index in [0.29, 0.717) is 25.9 Å². The summed E-state index contributed by atoms with van der Waals surface area (Å²) in [5.74, 6) is -3.55. The Morgan fingerprint density at radius 3 is 2.55 bits per heavy atom. The van der Waals surface area contributed by atoms with E-state index in [2.05, 4.69) is 21.3 Å². The lowest BCUT2D eigenvalue weighted by Crippen LogP contribution is -2.57. The van der Waals surface area contributed by atoms with Crippen LogP contribution in [0.2, 0.25) is 0 Å². The highest BCUT2D eigenvalue weighted by atomic mass is 19.2. The second kappa shape index (κ2) is 14.6. The summed E-state index contributed by atoms with van der Waals surface area (Å²) in [7, 11) is 3.84. The predicted molar refractivity (Wildman–Crippen MR) is 154 cm³/mol. The minimum absolute atomic E-state index is 0.0204. The van der Waals surface area contributed by atoms with Crippen LogP contribution < -0.4 is 21.3 Å². The Hall–Kier alpha value is -4.14. The number of nitrogens with zero attached hydrogens (tertiary/aromatic N) is 1. The number of esters is 2.